The minimum atomic E-state index is -0.0910. The van der Waals surface area contributed by atoms with Crippen LogP contribution in [0.15, 0.2) is 35.1 Å². The molecule has 2 aromatic heterocycles. The molecule has 5 rings (SSSR count). The van der Waals surface area contributed by atoms with Crippen molar-refractivity contribution in [3.05, 3.63) is 57.0 Å². The molecule has 1 amide bonds. The Morgan fingerprint density at radius 3 is 2.67 bits per heavy atom. The lowest BCUT2D eigenvalue weighted by Gasteiger charge is -2.36. The van der Waals surface area contributed by atoms with Gasteiger partial charge in [0.05, 0.1) is 10.3 Å². The largest absolute Gasteiger partial charge is 0.369 e. The summed E-state index contributed by atoms with van der Waals surface area (Å²) in [5.41, 5.74) is 2.07. The quantitative estimate of drug-likeness (QED) is 0.567. The van der Waals surface area contributed by atoms with Crippen LogP contribution in [0.1, 0.15) is 40.3 Å². The second-order valence-electron chi connectivity index (χ2n) is 8.95. The third kappa shape index (κ3) is 4.54. The van der Waals surface area contributed by atoms with Gasteiger partial charge in [0.1, 0.15) is 10.7 Å². The maximum Gasteiger partial charge on any atom is 0.262 e. The van der Waals surface area contributed by atoms with Gasteiger partial charge in [0.2, 0.25) is 0 Å². The first-order chi connectivity index (χ1) is 16.1. The molecule has 0 spiro atoms. The van der Waals surface area contributed by atoms with E-state index in [9.17, 15) is 9.59 Å². The zero-order valence-electron chi connectivity index (χ0n) is 19.2. The van der Waals surface area contributed by atoms with Crippen molar-refractivity contribution < 1.29 is 4.79 Å². The van der Waals surface area contributed by atoms with Gasteiger partial charge in [-0.05, 0) is 50.4 Å². The van der Waals surface area contributed by atoms with E-state index >= 15 is 0 Å². The number of piperazine rings is 1. The molecule has 0 saturated carbocycles. The third-order valence-electron chi connectivity index (χ3n) is 6.80. The Morgan fingerprint density at radius 2 is 1.88 bits per heavy atom. The van der Waals surface area contributed by atoms with E-state index in [1.807, 2.05) is 6.92 Å². The Balaban J connectivity index is 1.14. The molecule has 3 aromatic rings. The standard InChI is InChI=1S/C25H31N5O2S/c1-18-21-24(27-20-10-5-6-13-30(20)25(21)32)33-22(18)23(31)26-11-7-12-28-14-16-29(17-15-28)19-8-3-2-4-9-19/h2-4,8-9H,5-7,10-17H2,1H3,(H,26,31). The van der Waals surface area contributed by atoms with Gasteiger partial charge < -0.3 is 10.2 Å². The van der Waals surface area contributed by atoms with Crippen LogP contribution < -0.4 is 15.8 Å². The maximum absolute atomic E-state index is 13.0. The number of hydrogen-bond acceptors (Lipinski definition) is 6. The van der Waals surface area contributed by atoms with Crippen LogP contribution in [0.2, 0.25) is 0 Å². The lowest BCUT2D eigenvalue weighted by molar-refractivity contribution is 0.0955. The Hall–Kier alpha value is -2.71. The summed E-state index contributed by atoms with van der Waals surface area (Å²) in [6, 6.07) is 10.6. The van der Waals surface area contributed by atoms with Gasteiger partial charge in [-0.15, -0.1) is 11.3 Å². The van der Waals surface area contributed by atoms with Crippen LogP contribution in [0.3, 0.4) is 0 Å². The van der Waals surface area contributed by atoms with Crippen LogP contribution in [0, 0.1) is 6.92 Å². The number of aryl methyl sites for hydroxylation is 2. The SMILES string of the molecule is Cc1c(C(=O)NCCCN2CCN(c3ccccc3)CC2)sc2nc3n(c(=O)c12)CCCC3. The average molecular weight is 466 g/mol. The Labute approximate surface area is 198 Å². The fraction of sp³-hybridized carbons (Fsp3) is 0.480. The summed E-state index contributed by atoms with van der Waals surface area (Å²) in [5, 5.41) is 3.68. The predicted octanol–water partition coefficient (Wildman–Crippen LogP) is 3.04. The summed E-state index contributed by atoms with van der Waals surface area (Å²) >= 11 is 1.35. The zero-order chi connectivity index (χ0) is 22.8. The summed E-state index contributed by atoms with van der Waals surface area (Å²) in [6.07, 6.45) is 3.83. The van der Waals surface area contributed by atoms with Crippen molar-refractivity contribution in [3.8, 4) is 0 Å². The van der Waals surface area contributed by atoms with Crippen LogP contribution in [-0.2, 0) is 13.0 Å². The third-order valence-corrected chi connectivity index (χ3v) is 7.98. The molecule has 174 valence electrons. The fourth-order valence-electron chi connectivity index (χ4n) is 4.90. The van der Waals surface area contributed by atoms with E-state index in [4.69, 9.17) is 4.98 Å². The van der Waals surface area contributed by atoms with E-state index in [0.29, 0.717) is 21.6 Å². The highest BCUT2D eigenvalue weighted by Gasteiger charge is 2.22. The number of aromatic nitrogens is 2. The predicted molar refractivity (Wildman–Crippen MR) is 134 cm³/mol. The molecule has 1 saturated heterocycles. The Kier molecular flexibility index (Phi) is 6.46. The normalized spacial score (nSPS) is 16.7. The lowest BCUT2D eigenvalue weighted by Crippen LogP contribution is -2.47. The van der Waals surface area contributed by atoms with Crippen LogP contribution >= 0.6 is 11.3 Å². The van der Waals surface area contributed by atoms with Crippen molar-refractivity contribution in [1.82, 2.24) is 19.8 Å². The van der Waals surface area contributed by atoms with E-state index in [-0.39, 0.29) is 11.5 Å². The molecular formula is C25H31N5O2S. The van der Waals surface area contributed by atoms with Gasteiger partial charge in [0, 0.05) is 51.4 Å². The fourth-order valence-corrected chi connectivity index (χ4v) is 6.01. The number of hydrogen-bond donors (Lipinski definition) is 1. The first-order valence-corrected chi connectivity index (χ1v) is 12.8. The molecule has 8 heteroatoms. The molecule has 0 aliphatic carbocycles. The van der Waals surface area contributed by atoms with Crippen molar-refractivity contribution in [2.75, 3.05) is 44.2 Å². The topological polar surface area (TPSA) is 70.5 Å². The van der Waals surface area contributed by atoms with Crippen LogP contribution in [0.5, 0.6) is 0 Å². The number of benzene rings is 1. The maximum atomic E-state index is 13.0. The van der Waals surface area contributed by atoms with Gasteiger partial charge in [0.15, 0.2) is 0 Å². The number of rotatable bonds is 6. The van der Waals surface area contributed by atoms with Gasteiger partial charge in [-0.2, -0.15) is 0 Å². The number of para-hydroxylation sites is 1. The average Bonchev–Trinajstić information content (AvgIpc) is 3.19. The molecule has 1 aromatic carbocycles. The minimum Gasteiger partial charge on any atom is -0.369 e. The van der Waals surface area contributed by atoms with Crippen molar-refractivity contribution in [2.45, 2.75) is 39.2 Å². The molecule has 2 aliphatic rings. The minimum absolute atomic E-state index is 0.0112. The second-order valence-corrected chi connectivity index (χ2v) is 9.95. The first kappa shape index (κ1) is 22.1. The molecule has 0 atom stereocenters. The number of nitrogens with zero attached hydrogens (tertiary/aromatic N) is 4. The summed E-state index contributed by atoms with van der Waals surface area (Å²) in [4.78, 5) is 36.8. The van der Waals surface area contributed by atoms with Crippen LogP contribution in [0.25, 0.3) is 10.2 Å². The lowest BCUT2D eigenvalue weighted by atomic mass is 10.1. The number of fused-ring (bicyclic) bond motifs is 2. The highest BCUT2D eigenvalue weighted by Crippen LogP contribution is 2.28. The molecule has 4 heterocycles. The molecule has 0 radical (unpaired) electrons. The van der Waals surface area contributed by atoms with Crippen molar-refractivity contribution in [1.29, 1.82) is 0 Å². The number of anilines is 1. The summed E-state index contributed by atoms with van der Waals surface area (Å²) < 4.78 is 1.80. The van der Waals surface area contributed by atoms with Gasteiger partial charge in [-0.25, -0.2) is 4.98 Å². The number of amides is 1. The molecule has 2 aliphatic heterocycles. The summed E-state index contributed by atoms with van der Waals surface area (Å²) in [5.74, 6) is 0.770. The van der Waals surface area contributed by atoms with E-state index in [1.54, 1.807) is 4.57 Å². The van der Waals surface area contributed by atoms with Gasteiger partial charge in [-0.3, -0.25) is 19.1 Å². The molecule has 0 bridgehead atoms. The van der Waals surface area contributed by atoms with Crippen molar-refractivity contribution in [2.24, 2.45) is 0 Å². The monoisotopic (exact) mass is 465 g/mol. The molecule has 1 fully saturated rings. The van der Waals surface area contributed by atoms with E-state index < -0.39 is 0 Å². The highest BCUT2D eigenvalue weighted by atomic mass is 32.1. The van der Waals surface area contributed by atoms with Gasteiger partial charge >= 0.3 is 0 Å². The van der Waals surface area contributed by atoms with E-state index in [1.165, 1.54) is 17.0 Å². The van der Waals surface area contributed by atoms with E-state index in [0.717, 1.165) is 76.3 Å². The summed E-state index contributed by atoms with van der Waals surface area (Å²) in [7, 11) is 0. The van der Waals surface area contributed by atoms with E-state index in [2.05, 4.69) is 45.4 Å². The molecule has 33 heavy (non-hydrogen) atoms. The number of carbonyl (C=O) groups is 1. The van der Waals surface area contributed by atoms with Gasteiger partial charge in [-0.1, -0.05) is 18.2 Å². The first-order valence-electron chi connectivity index (χ1n) is 11.9. The Morgan fingerprint density at radius 1 is 1.09 bits per heavy atom. The van der Waals surface area contributed by atoms with Gasteiger partial charge in [0.25, 0.3) is 11.5 Å². The number of carbonyl (C=O) groups excluding carboxylic acids is 1. The molecular weight excluding hydrogens is 434 g/mol. The molecule has 1 N–H and O–H groups in total. The van der Waals surface area contributed by atoms with Crippen LogP contribution in [0.4, 0.5) is 5.69 Å². The second kappa shape index (κ2) is 9.65. The van der Waals surface area contributed by atoms with Crippen molar-refractivity contribution in [3.63, 3.8) is 0 Å². The van der Waals surface area contributed by atoms with Crippen molar-refractivity contribution >= 4 is 33.1 Å². The zero-order valence-corrected chi connectivity index (χ0v) is 20.0. The molecule has 7 nitrogen and oxygen atoms in total. The smallest absolute Gasteiger partial charge is 0.262 e. The highest BCUT2D eigenvalue weighted by molar-refractivity contribution is 7.20. The number of thiophene rings is 1. The molecule has 0 unspecified atom stereocenters. The van der Waals surface area contributed by atoms with Crippen LogP contribution in [-0.4, -0.2) is 59.6 Å². The number of nitrogens with one attached hydrogen (secondary N) is 1. The summed E-state index contributed by atoms with van der Waals surface area (Å²) in [6.45, 7) is 8.36. The Bertz CT molecular complexity index is 1190.